The van der Waals surface area contributed by atoms with E-state index in [1.807, 2.05) is 0 Å². The molecule has 3 heterocycles. The third kappa shape index (κ3) is 3.14. The van der Waals surface area contributed by atoms with Crippen LogP contribution in [0.15, 0.2) is 48.5 Å². The van der Waals surface area contributed by atoms with Gasteiger partial charge < -0.3 is 39.7 Å². The quantitative estimate of drug-likeness (QED) is 0.152. The molecule has 4 aromatic rings. The van der Waals surface area contributed by atoms with Crippen molar-refractivity contribution in [2.45, 2.75) is 38.6 Å². The maximum absolute atomic E-state index is 12.2. The van der Waals surface area contributed by atoms with Crippen molar-refractivity contribution in [3.63, 3.8) is 0 Å². The topological polar surface area (TPSA) is 163 Å². The molecule has 10 heteroatoms. The molecule has 0 aliphatic carbocycles. The van der Waals surface area contributed by atoms with Crippen molar-refractivity contribution in [2.75, 3.05) is 0 Å². The summed E-state index contributed by atoms with van der Waals surface area (Å²) in [4.78, 5) is 24.4. The number of ether oxygens (including phenoxy) is 3. The summed E-state index contributed by atoms with van der Waals surface area (Å²) >= 11 is 0. The molecule has 0 fully saturated rings. The second-order valence-corrected chi connectivity index (χ2v) is 10.9. The Balaban J connectivity index is 1.51. The first-order valence-corrected chi connectivity index (χ1v) is 13.1. The zero-order valence-electron chi connectivity index (χ0n) is 22.6. The average molecular weight is 569 g/mol. The monoisotopic (exact) mass is 568 g/mol. The van der Waals surface area contributed by atoms with E-state index in [0.717, 1.165) is 0 Å². The molecule has 212 valence electrons. The Bertz CT molecular complexity index is 1930. The van der Waals surface area contributed by atoms with E-state index in [1.165, 1.54) is 62.4 Å². The van der Waals surface area contributed by atoms with Crippen LogP contribution in [0.2, 0.25) is 0 Å². The minimum atomic E-state index is -1.83. The molecule has 0 aromatic heterocycles. The summed E-state index contributed by atoms with van der Waals surface area (Å²) in [5, 5.41) is 55.5. The summed E-state index contributed by atoms with van der Waals surface area (Å²) in [5.41, 5.74) is -0.509. The standard InChI is InChI=1S/C32H24O10/c1-13(33)15-4-9-20-25(29(15)38)24-18(36)8-11-22-28(24)31(3,40-20)12-32(42-22)27-19(37)7-6-17(35)23(27)26-21(41-32)10-5-16(14(2)34)30(26)39/h4-11,35-39H,12H2,1-3H3/t31-,32+/m0/s1. The number of rotatable bonds is 2. The van der Waals surface area contributed by atoms with Crippen molar-refractivity contribution in [2.24, 2.45) is 0 Å². The molecular formula is C32H24O10. The number of phenolic OH excluding ortho intramolecular Hbond substituents is 5. The molecule has 42 heavy (non-hydrogen) atoms. The van der Waals surface area contributed by atoms with E-state index in [9.17, 15) is 35.1 Å². The van der Waals surface area contributed by atoms with Crippen LogP contribution in [0.4, 0.5) is 0 Å². The van der Waals surface area contributed by atoms with E-state index in [2.05, 4.69) is 0 Å². The highest BCUT2D eigenvalue weighted by molar-refractivity contribution is 6.02. The molecule has 1 spiro atoms. The number of carbonyl (C=O) groups excluding carboxylic acids is 2. The van der Waals surface area contributed by atoms with Gasteiger partial charge in [0.05, 0.1) is 34.2 Å². The number of benzene rings is 4. The lowest BCUT2D eigenvalue weighted by molar-refractivity contribution is -0.181. The minimum Gasteiger partial charge on any atom is -0.507 e. The molecule has 0 amide bonds. The van der Waals surface area contributed by atoms with Gasteiger partial charge in [0.15, 0.2) is 11.6 Å². The maximum atomic E-state index is 12.2. The van der Waals surface area contributed by atoms with Crippen molar-refractivity contribution < 1.29 is 49.3 Å². The Morgan fingerprint density at radius 1 is 0.595 bits per heavy atom. The van der Waals surface area contributed by atoms with Crippen molar-refractivity contribution in [1.29, 1.82) is 0 Å². The van der Waals surface area contributed by atoms with Gasteiger partial charge in [-0.1, -0.05) is 0 Å². The van der Waals surface area contributed by atoms with Gasteiger partial charge in [-0.05, 0) is 69.3 Å². The first-order valence-electron chi connectivity index (χ1n) is 13.1. The number of aromatic hydroxyl groups is 5. The molecule has 2 atom stereocenters. The Hall–Kier alpha value is -5.38. The van der Waals surface area contributed by atoms with Crippen molar-refractivity contribution in [3.8, 4) is 68.2 Å². The zero-order chi connectivity index (χ0) is 29.9. The van der Waals surface area contributed by atoms with Crippen LogP contribution in [0.1, 0.15) is 59.0 Å². The molecule has 0 radical (unpaired) electrons. The third-order valence-electron chi connectivity index (χ3n) is 8.21. The molecule has 3 aliphatic rings. The summed E-state index contributed by atoms with van der Waals surface area (Å²) in [6.45, 7) is 4.34. The highest BCUT2D eigenvalue weighted by Crippen LogP contribution is 2.65. The van der Waals surface area contributed by atoms with Gasteiger partial charge in [-0.25, -0.2) is 0 Å². The second-order valence-electron chi connectivity index (χ2n) is 10.9. The Morgan fingerprint density at radius 2 is 1.05 bits per heavy atom. The first-order chi connectivity index (χ1) is 19.9. The van der Waals surface area contributed by atoms with Gasteiger partial charge in [-0.3, -0.25) is 9.59 Å². The van der Waals surface area contributed by atoms with E-state index in [0.29, 0.717) is 5.56 Å². The average Bonchev–Trinajstić information content (AvgIpc) is 2.91. The summed E-state index contributed by atoms with van der Waals surface area (Å²) in [7, 11) is 0. The van der Waals surface area contributed by atoms with Crippen LogP contribution in [0.3, 0.4) is 0 Å². The predicted octanol–water partition coefficient (Wildman–Crippen LogP) is 5.59. The fourth-order valence-corrected chi connectivity index (χ4v) is 6.52. The van der Waals surface area contributed by atoms with Crippen molar-refractivity contribution in [1.82, 2.24) is 0 Å². The van der Waals surface area contributed by atoms with Crippen LogP contribution in [-0.2, 0) is 11.4 Å². The van der Waals surface area contributed by atoms with E-state index < -0.39 is 22.9 Å². The van der Waals surface area contributed by atoms with Crippen LogP contribution >= 0.6 is 0 Å². The Kier molecular flexibility index (Phi) is 4.93. The van der Waals surface area contributed by atoms with E-state index in [1.54, 1.807) is 6.92 Å². The fourth-order valence-electron chi connectivity index (χ4n) is 6.52. The molecule has 3 aliphatic heterocycles. The van der Waals surface area contributed by atoms with Gasteiger partial charge in [-0.2, -0.15) is 0 Å². The van der Waals surface area contributed by atoms with E-state index in [4.69, 9.17) is 14.2 Å². The molecule has 10 nitrogen and oxygen atoms in total. The molecule has 7 rings (SSSR count). The van der Waals surface area contributed by atoms with Crippen LogP contribution in [0.5, 0.6) is 46.0 Å². The molecule has 0 bridgehead atoms. The van der Waals surface area contributed by atoms with Gasteiger partial charge >= 0.3 is 0 Å². The number of hydrogen-bond donors (Lipinski definition) is 5. The molecule has 0 unspecified atom stereocenters. The number of carbonyl (C=O) groups is 2. The highest BCUT2D eigenvalue weighted by atomic mass is 16.7. The number of phenols is 5. The predicted molar refractivity (Wildman–Crippen MR) is 148 cm³/mol. The van der Waals surface area contributed by atoms with Crippen molar-refractivity contribution in [3.05, 3.63) is 70.8 Å². The van der Waals surface area contributed by atoms with E-state index in [-0.39, 0.29) is 91.4 Å². The number of Topliss-reactive ketones (excluding diaryl/α,β-unsaturated/α-hetero) is 2. The summed E-state index contributed by atoms with van der Waals surface area (Å²) in [5.74, 6) is -3.74. The van der Waals surface area contributed by atoms with Crippen LogP contribution < -0.4 is 14.2 Å². The smallest absolute Gasteiger partial charge is 0.286 e. The van der Waals surface area contributed by atoms with Gasteiger partial charge in [0.25, 0.3) is 5.79 Å². The molecular weight excluding hydrogens is 544 g/mol. The molecule has 0 saturated heterocycles. The lowest BCUT2D eigenvalue weighted by atomic mass is 9.74. The SMILES string of the molecule is CC(=O)c1ccc2c(c1O)-c1c(O)ccc(O)c1[C@]1(C[C@]3(C)Oc4ccc(C(C)=O)c(O)c4-c4c(O)ccc(c43)O1)O2. The van der Waals surface area contributed by atoms with Crippen molar-refractivity contribution >= 4 is 11.6 Å². The third-order valence-corrected chi connectivity index (χ3v) is 8.21. The normalized spacial score (nSPS) is 20.6. The number of hydrogen-bond acceptors (Lipinski definition) is 10. The largest absolute Gasteiger partial charge is 0.507 e. The molecule has 4 aromatic carbocycles. The van der Waals surface area contributed by atoms with Gasteiger partial charge in [-0.15, -0.1) is 0 Å². The lowest BCUT2D eigenvalue weighted by Crippen LogP contribution is -2.53. The van der Waals surface area contributed by atoms with Gasteiger partial charge in [0.1, 0.15) is 51.6 Å². The maximum Gasteiger partial charge on any atom is 0.286 e. The Morgan fingerprint density at radius 3 is 1.62 bits per heavy atom. The van der Waals surface area contributed by atoms with Crippen LogP contribution in [0.25, 0.3) is 22.3 Å². The summed E-state index contributed by atoms with van der Waals surface area (Å²) in [6, 6.07) is 11.2. The van der Waals surface area contributed by atoms with Crippen LogP contribution in [-0.4, -0.2) is 37.1 Å². The second kappa shape index (κ2) is 8.10. The summed E-state index contributed by atoms with van der Waals surface area (Å²) < 4.78 is 19.5. The zero-order valence-corrected chi connectivity index (χ0v) is 22.6. The molecule has 0 saturated carbocycles. The van der Waals surface area contributed by atoms with Crippen LogP contribution in [0, 0.1) is 0 Å². The molecule has 5 N–H and O–H groups in total. The fraction of sp³-hybridized carbons (Fsp3) is 0.188. The number of ketones is 2. The first kappa shape index (κ1) is 25.6. The Labute approximate surface area is 238 Å². The number of fused-ring (bicyclic) bond motifs is 6. The lowest BCUT2D eigenvalue weighted by Gasteiger charge is -2.50. The summed E-state index contributed by atoms with van der Waals surface area (Å²) in [6.07, 6.45) is -0.142. The highest BCUT2D eigenvalue weighted by Gasteiger charge is 2.59. The minimum absolute atomic E-state index is 0.000869. The van der Waals surface area contributed by atoms with Gasteiger partial charge in [0, 0.05) is 16.7 Å². The van der Waals surface area contributed by atoms with Gasteiger partial charge in [0.2, 0.25) is 0 Å². The van der Waals surface area contributed by atoms with E-state index >= 15 is 0 Å².